The lowest BCUT2D eigenvalue weighted by Crippen LogP contribution is -2.12. The van der Waals surface area contributed by atoms with E-state index in [0.717, 1.165) is 10.9 Å². The highest BCUT2D eigenvalue weighted by molar-refractivity contribution is 7.80. The van der Waals surface area contributed by atoms with Crippen molar-refractivity contribution < 1.29 is 4.74 Å². The third-order valence-corrected chi connectivity index (χ3v) is 2.95. The molecule has 1 aromatic carbocycles. The first kappa shape index (κ1) is 12.4. The molecule has 20 heavy (non-hydrogen) atoms. The van der Waals surface area contributed by atoms with Crippen molar-refractivity contribution in [1.82, 2.24) is 15.2 Å². The Morgan fingerprint density at radius 3 is 2.90 bits per heavy atom. The van der Waals surface area contributed by atoms with Crippen molar-refractivity contribution in [2.45, 2.75) is 0 Å². The van der Waals surface area contributed by atoms with Crippen molar-refractivity contribution in [3.63, 3.8) is 0 Å². The van der Waals surface area contributed by atoms with E-state index in [-0.39, 0.29) is 10.9 Å². The van der Waals surface area contributed by atoms with E-state index in [0.29, 0.717) is 11.3 Å². The summed E-state index contributed by atoms with van der Waals surface area (Å²) >= 11 is 4.96. The first-order valence-electron chi connectivity index (χ1n) is 5.88. The number of rotatable bonds is 3. The molecule has 3 rings (SSSR count). The van der Waals surface area contributed by atoms with Crippen LogP contribution in [0.3, 0.4) is 0 Å². The van der Waals surface area contributed by atoms with Crippen LogP contribution in [0.4, 0.5) is 0 Å². The highest BCUT2D eigenvalue weighted by Gasteiger charge is 2.09. The molecule has 0 bridgehead atoms. The highest BCUT2D eigenvalue weighted by Crippen LogP contribution is 2.24. The zero-order valence-corrected chi connectivity index (χ0v) is 11.2. The quantitative estimate of drug-likeness (QED) is 0.744. The lowest BCUT2D eigenvalue weighted by molar-refractivity contribution is 0.453. The fraction of sp³-hybridized carbons (Fsp3) is 0. The van der Waals surface area contributed by atoms with Crippen molar-refractivity contribution in [3.05, 3.63) is 54.4 Å². The lowest BCUT2D eigenvalue weighted by Gasteiger charge is -2.08. The Bertz CT molecular complexity index is 791. The number of pyridine rings is 1. The van der Waals surface area contributed by atoms with E-state index < -0.39 is 0 Å². The first-order chi connectivity index (χ1) is 9.74. The van der Waals surface area contributed by atoms with E-state index >= 15 is 0 Å². The van der Waals surface area contributed by atoms with Crippen molar-refractivity contribution >= 4 is 28.1 Å². The largest absolute Gasteiger partial charge is 0.435 e. The smallest absolute Gasteiger partial charge is 0.249 e. The summed E-state index contributed by atoms with van der Waals surface area (Å²) in [5, 5.41) is 8.66. The van der Waals surface area contributed by atoms with Gasteiger partial charge in [-0.1, -0.05) is 30.4 Å². The van der Waals surface area contributed by atoms with Gasteiger partial charge in [-0.15, -0.1) is 5.10 Å². The molecule has 0 aliphatic heterocycles. The van der Waals surface area contributed by atoms with Crippen LogP contribution in [-0.2, 0) is 0 Å². The number of para-hydroxylation sites is 1. The molecule has 2 N–H and O–H groups in total. The van der Waals surface area contributed by atoms with Gasteiger partial charge in [0.05, 0.1) is 23.5 Å². The van der Waals surface area contributed by atoms with Crippen LogP contribution in [0.15, 0.2) is 48.8 Å². The van der Waals surface area contributed by atoms with E-state index in [9.17, 15) is 0 Å². The third-order valence-electron chi connectivity index (χ3n) is 2.73. The number of hydrogen-bond donors (Lipinski definition) is 1. The molecule has 2 aromatic heterocycles. The van der Waals surface area contributed by atoms with Crippen molar-refractivity contribution in [3.8, 4) is 11.6 Å². The van der Waals surface area contributed by atoms with Gasteiger partial charge >= 0.3 is 0 Å². The van der Waals surface area contributed by atoms with Crippen LogP contribution in [0.1, 0.15) is 5.56 Å². The van der Waals surface area contributed by atoms with Crippen molar-refractivity contribution in [2.75, 3.05) is 0 Å². The standard InChI is InChI=1S/C14H10N4OS/c15-13(20)11-5-6-17-18-14(11)19-10-7-9-3-1-2-4-12(9)16-8-10/h1-8H,(H2,15,20). The van der Waals surface area contributed by atoms with Gasteiger partial charge in [0, 0.05) is 5.39 Å². The molecule has 0 radical (unpaired) electrons. The predicted octanol–water partition coefficient (Wildman–Crippen LogP) is 2.45. The summed E-state index contributed by atoms with van der Waals surface area (Å²) in [6.45, 7) is 0. The Morgan fingerprint density at radius 1 is 1.20 bits per heavy atom. The lowest BCUT2D eigenvalue weighted by atomic mass is 10.2. The van der Waals surface area contributed by atoms with Gasteiger partial charge in [0.2, 0.25) is 5.88 Å². The summed E-state index contributed by atoms with van der Waals surface area (Å²) in [4.78, 5) is 4.53. The molecular weight excluding hydrogens is 272 g/mol. The molecule has 0 fully saturated rings. The van der Waals surface area contributed by atoms with Gasteiger partial charge in [0.25, 0.3) is 0 Å². The topological polar surface area (TPSA) is 73.9 Å². The second-order valence-electron chi connectivity index (χ2n) is 4.08. The number of nitrogens with zero attached hydrogens (tertiary/aromatic N) is 3. The maximum atomic E-state index is 5.68. The second-order valence-corrected chi connectivity index (χ2v) is 4.52. The van der Waals surface area contributed by atoms with Crippen molar-refractivity contribution in [1.29, 1.82) is 0 Å². The molecule has 6 heteroatoms. The van der Waals surface area contributed by atoms with E-state index in [1.165, 1.54) is 6.20 Å². The number of aromatic nitrogens is 3. The maximum absolute atomic E-state index is 5.68. The van der Waals surface area contributed by atoms with Gasteiger partial charge < -0.3 is 10.5 Å². The van der Waals surface area contributed by atoms with Crippen LogP contribution in [0.5, 0.6) is 11.6 Å². The second kappa shape index (κ2) is 5.18. The summed E-state index contributed by atoms with van der Waals surface area (Å²) in [6, 6.07) is 11.3. The summed E-state index contributed by atoms with van der Waals surface area (Å²) in [6.07, 6.45) is 3.14. The van der Waals surface area contributed by atoms with Gasteiger partial charge in [0.1, 0.15) is 10.7 Å². The number of fused-ring (bicyclic) bond motifs is 1. The SMILES string of the molecule is NC(=S)c1ccnnc1Oc1cnc2ccccc2c1. The minimum atomic E-state index is 0.212. The van der Waals surface area contributed by atoms with Gasteiger partial charge in [-0.25, -0.2) is 0 Å². The van der Waals surface area contributed by atoms with Gasteiger partial charge in [-0.2, -0.15) is 5.10 Å². The summed E-state index contributed by atoms with van der Waals surface area (Å²) in [5.41, 5.74) is 7.07. The fourth-order valence-electron chi connectivity index (χ4n) is 1.80. The Balaban J connectivity index is 1.99. The molecule has 98 valence electrons. The number of thiocarbonyl (C=S) groups is 1. The Morgan fingerprint density at radius 2 is 2.05 bits per heavy atom. The van der Waals surface area contributed by atoms with Crippen LogP contribution < -0.4 is 10.5 Å². The average Bonchev–Trinajstić information content (AvgIpc) is 2.47. The van der Waals surface area contributed by atoms with E-state index in [4.69, 9.17) is 22.7 Å². The fourth-order valence-corrected chi connectivity index (χ4v) is 1.96. The van der Waals surface area contributed by atoms with Crippen molar-refractivity contribution in [2.24, 2.45) is 5.73 Å². The third kappa shape index (κ3) is 2.41. The molecule has 0 unspecified atom stereocenters. The van der Waals surface area contributed by atoms with Crippen LogP contribution in [0, 0.1) is 0 Å². The first-order valence-corrected chi connectivity index (χ1v) is 6.29. The highest BCUT2D eigenvalue weighted by atomic mass is 32.1. The molecule has 0 aliphatic carbocycles. The molecular formula is C14H10N4OS. The van der Waals surface area contributed by atoms with Gasteiger partial charge in [0.15, 0.2) is 0 Å². The molecule has 5 nitrogen and oxygen atoms in total. The normalized spacial score (nSPS) is 10.4. The molecule has 0 atom stereocenters. The number of nitrogens with two attached hydrogens (primary N) is 1. The minimum absolute atomic E-state index is 0.212. The summed E-state index contributed by atoms with van der Waals surface area (Å²) in [7, 11) is 0. The molecule has 2 heterocycles. The van der Waals surface area contributed by atoms with Crippen LogP contribution in [0.25, 0.3) is 10.9 Å². The maximum Gasteiger partial charge on any atom is 0.249 e. The van der Waals surface area contributed by atoms with E-state index in [1.54, 1.807) is 12.3 Å². The number of ether oxygens (including phenoxy) is 1. The zero-order valence-electron chi connectivity index (χ0n) is 10.4. The van der Waals surface area contributed by atoms with Crippen LogP contribution in [0.2, 0.25) is 0 Å². The Hall–Kier alpha value is -2.60. The molecule has 0 aliphatic rings. The van der Waals surface area contributed by atoms with Crippen LogP contribution in [-0.4, -0.2) is 20.2 Å². The number of hydrogen-bond acceptors (Lipinski definition) is 5. The van der Waals surface area contributed by atoms with Gasteiger partial charge in [-0.05, 0) is 18.2 Å². The Labute approximate surface area is 120 Å². The predicted molar refractivity (Wildman–Crippen MR) is 79.7 cm³/mol. The monoisotopic (exact) mass is 282 g/mol. The van der Waals surface area contributed by atoms with Crippen LogP contribution >= 0.6 is 12.2 Å². The minimum Gasteiger partial charge on any atom is -0.435 e. The molecule has 3 aromatic rings. The van der Waals surface area contributed by atoms with E-state index in [2.05, 4.69) is 15.2 Å². The summed E-state index contributed by atoms with van der Waals surface area (Å²) in [5.74, 6) is 0.832. The number of benzene rings is 1. The average molecular weight is 282 g/mol. The Kier molecular flexibility index (Phi) is 3.22. The molecule has 0 spiro atoms. The molecule has 0 saturated carbocycles. The summed E-state index contributed by atoms with van der Waals surface area (Å²) < 4.78 is 5.68. The van der Waals surface area contributed by atoms with E-state index in [1.807, 2.05) is 30.3 Å². The zero-order chi connectivity index (χ0) is 13.9. The van der Waals surface area contributed by atoms with Gasteiger partial charge in [-0.3, -0.25) is 4.98 Å². The molecule has 0 saturated heterocycles. The molecule has 0 amide bonds.